The first-order chi connectivity index (χ1) is 8.94. The normalized spacial score (nSPS) is 9.00. The Morgan fingerprint density at radius 3 is 1.47 bits per heavy atom. The molecule has 0 radical (unpaired) electrons. The van der Waals surface area contributed by atoms with E-state index in [-0.39, 0.29) is 44.7 Å². The second kappa shape index (κ2) is 12.7. The van der Waals surface area contributed by atoms with Gasteiger partial charge in [0, 0.05) is 37.9 Å². The summed E-state index contributed by atoms with van der Waals surface area (Å²) in [6.45, 7) is 2.40. The summed E-state index contributed by atoms with van der Waals surface area (Å²) < 4.78 is 0. The molecule has 0 aromatic rings. The molecule has 110 valence electrons. The topological polar surface area (TPSA) is 135 Å². The third kappa shape index (κ3) is 11.1. The van der Waals surface area contributed by atoms with E-state index in [0.717, 1.165) is 6.08 Å². The number of hydrogen-bond donors (Lipinski definition) is 5. The molecule has 0 saturated carbocycles. The van der Waals surface area contributed by atoms with Crippen molar-refractivity contribution in [1.82, 2.24) is 0 Å². The van der Waals surface area contributed by atoms with E-state index in [4.69, 9.17) is 25.5 Å². The number of aliphatic hydroxyl groups is 3. The maximum absolute atomic E-state index is 10.7. The van der Waals surface area contributed by atoms with Crippen LogP contribution in [0.1, 0.15) is 19.3 Å². The van der Waals surface area contributed by atoms with E-state index >= 15 is 0 Å². The smallest absolute Gasteiger partial charge is 0.331 e. The molecule has 0 fully saturated rings. The lowest BCUT2D eigenvalue weighted by Gasteiger charge is -2.09. The molecule has 0 atom stereocenters. The van der Waals surface area contributed by atoms with Gasteiger partial charge in [-0.05, 0) is 12.8 Å². The predicted octanol–water partition coefficient (Wildman–Crippen LogP) is -0.228. The van der Waals surface area contributed by atoms with Crippen molar-refractivity contribution in [2.45, 2.75) is 19.3 Å². The zero-order valence-corrected chi connectivity index (χ0v) is 10.6. The molecule has 0 heterocycles. The minimum Gasteiger partial charge on any atom is -0.478 e. The molecule has 0 amide bonds. The second-order valence-electron chi connectivity index (χ2n) is 3.35. The first kappa shape index (κ1) is 19.6. The lowest BCUT2D eigenvalue weighted by Crippen LogP contribution is -2.09. The van der Waals surface area contributed by atoms with Crippen molar-refractivity contribution in [2.24, 2.45) is 0 Å². The van der Waals surface area contributed by atoms with Crippen molar-refractivity contribution in [3.05, 3.63) is 23.8 Å². The second-order valence-corrected chi connectivity index (χ2v) is 3.35. The lowest BCUT2D eigenvalue weighted by molar-refractivity contribution is -0.133. The number of carbonyl (C=O) groups is 2. The van der Waals surface area contributed by atoms with Crippen molar-refractivity contribution in [1.29, 1.82) is 0 Å². The number of hydrogen-bond acceptors (Lipinski definition) is 5. The zero-order chi connectivity index (χ0) is 15.3. The third-order valence-corrected chi connectivity index (χ3v) is 2.05. The van der Waals surface area contributed by atoms with Gasteiger partial charge in [0.15, 0.2) is 0 Å². The molecule has 0 bridgehead atoms. The fraction of sp³-hybridized carbons (Fsp3) is 0.500. The number of carboxylic acid groups (broad SMARTS) is 2. The van der Waals surface area contributed by atoms with Crippen LogP contribution in [0.2, 0.25) is 0 Å². The van der Waals surface area contributed by atoms with Crippen molar-refractivity contribution in [2.75, 3.05) is 19.8 Å². The molecule has 7 nitrogen and oxygen atoms in total. The van der Waals surface area contributed by atoms with Gasteiger partial charge in [0.05, 0.1) is 0 Å². The van der Waals surface area contributed by atoms with Crippen LogP contribution in [0.15, 0.2) is 23.8 Å². The Morgan fingerprint density at radius 1 is 0.895 bits per heavy atom. The Balaban J connectivity index is 0. The van der Waals surface area contributed by atoms with Crippen molar-refractivity contribution in [3.8, 4) is 0 Å². The standard InChI is InChI=1S/C9H16O5.C3H4O2/c10-4-1-7(2-5-11)8(3-6-12)9(13)14;1-2-3(4)5/h10-12H,1-6H2,(H,13,14);2H,1H2,(H,4,5). The summed E-state index contributed by atoms with van der Waals surface area (Å²) in [5.41, 5.74) is 0.590. The molecule has 0 aromatic carbocycles. The summed E-state index contributed by atoms with van der Waals surface area (Å²) in [6.07, 6.45) is 1.33. The maximum atomic E-state index is 10.7. The van der Waals surface area contributed by atoms with Crippen LogP contribution in [0.3, 0.4) is 0 Å². The molecule has 19 heavy (non-hydrogen) atoms. The SMILES string of the molecule is C=CC(=O)O.O=C(O)C(CCO)=C(CCO)CCO. The molecular weight excluding hydrogens is 256 g/mol. The molecule has 0 unspecified atom stereocenters. The first-order valence-electron chi connectivity index (χ1n) is 5.56. The van der Waals surface area contributed by atoms with Crippen LogP contribution in [0.25, 0.3) is 0 Å². The van der Waals surface area contributed by atoms with Gasteiger partial charge in [-0.1, -0.05) is 12.2 Å². The van der Waals surface area contributed by atoms with E-state index in [0.29, 0.717) is 5.57 Å². The lowest BCUT2D eigenvalue weighted by atomic mass is 10.00. The van der Waals surface area contributed by atoms with Crippen molar-refractivity contribution in [3.63, 3.8) is 0 Å². The minimum absolute atomic E-state index is 0.0463. The highest BCUT2D eigenvalue weighted by molar-refractivity contribution is 5.87. The fourth-order valence-electron chi connectivity index (χ4n) is 1.24. The molecule has 0 saturated heterocycles. The van der Waals surface area contributed by atoms with Crippen LogP contribution in [0.4, 0.5) is 0 Å². The Bertz CT molecular complexity index is 312. The van der Waals surface area contributed by atoms with Crippen LogP contribution >= 0.6 is 0 Å². The summed E-state index contributed by atoms with van der Waals surface area (Å²) in [6, 6.07) is 0. The third-order valence-electron chi connectivity index (χ3n) is 2.05. The van der Waals surface area contributed by atoms with Crippen molar-refractivity contribution < 1.29 is 35.1 Å². The largest absolute Gasteiger partial charge is 0.478 e. The van der Waals surface area contributed by atoms with Gasteiger partial charge >= 0.3 is 11.9 Å². The average molecular weight is 276 g/mol. The predicted molar refractivity (Wildman–Crippen MR) is 67.6 cm³/mol. The summed E-state index contributed by atoms with van der Waals surface area (Å²) in [5, 5.41) is 42.4. The number of aliphatic hydroxyl groups excluding tert-OH is 3. The Labute approximate surface area is 111 Å². The fourth-order valence-corrected chi connectivity index (χ4v) is 1.24. The van der Waals surface area contributed by atoms with Gasteiger partial charge in [-0.2, -0.15) is 0 Å². The zero-order valence-electron chi connectivity index (χ0n) is 10.6. The minimum atomic E-state index is -1.10. The van der Waals surface area contributed by atoms with Gasteiger partial charge in [-0.25, -0.2) is 9.59 Å². The van der Waals surface area contributed by atoms with Gasteiger partial charge in [0.1, 0.15) is 0 Å². The molecule has 0 spiro atoms. The van der Waals surface area contributed by atoms with E-state index in [1.54, 1.807) is 0 Å². The molecular formula is C12H20O7. The van der Waals surface area contributed by atoms with Crippen molar-refractivity contribution >= 4 is 11.9 Å². The van der Waals surface area contributed by atoms with Crippen LogP contribution in [-0.2, 0) is 9.59 Å². The highest BCUT2D eigenvalue weighted by Gasteiger charge is 2.12. The van der Waals surface area contributed by atoms with Gasteiger partial charge < -0.3 is 25.5 Å². The van der Waals surface area contributed by atoms with E-state index < -0.39 is 11.9 Å². The molecule has 0 aliphatic rings. The number of carboxylic acids is 2. The first-order valence-corrected chi connectivity index (χ1v) is 5.56. The van der Waals surface area contributed by atoms with E-state index in [1.807, 2.05) is 0 Å². The quantitative estimate of drug-likeness (QED) is 0.386. The van der Waals surface area contributed by atoms with E-state index in [1.165, 1.54) is 0 Å². The number of rotatable bonds is 8. The highest BCUT2D eigenvalue weighted by Crippen LogP contribution is 2.16. The van der Waals surface area contributed by atoms with Crippen LogP contribution in [-0.4, -0.2) is 57.3 Å². The Morgan fingerprint density at radius 2 is 1.26 bits per heavy atom. The number of aliphatic carboxylic acids is 2. The Kier molecular flexibility index (Phi) is 13.2. The van der Waals surface area contributed by atoms with Crippen LogP contribution in [0.5, 0.6) is 0 Å². The molecule has 0 aromatic heterocycles. The molecule has 0 rings (SSSR count). The highest BCUT2D eigenvalue weighted by atomic mass is 16.4. The van der Waals surface area contributed by atoms with Crippen LogP contribution < -0.4 is 0 Å². The van der Waals surface area contributed by atoms with Gasteiger partial charge in [-0.3, -0.25) is 0 Å². The summed E-state index contributed by atoms with van der Waals surface area (Å²) in [7, 11) is 0. The maximum Gasteiger partial charge on any atom is 0.331 e. The molecule has 7 heteroatoms. The monoisotopic (exact) mass is 276 g/mol. The van der Waals surface area contributed by atoms with Crippen LogP contribution in [0, 0.1) is 0 Å². The summed E-state index contributed by atoms with van der Waals surface area (Å²) in [4.78, 5) is 20.0. The van der Waals surface area contributed by atoms with Gasteiger partial charge in [0.2, 0.25) is 0 Å². The van der Waals surface area contributed by atoms with E-state index in [2.05, 4.69) is 6.58 Å². The average Bonchev–Trinajstić information content (AvgIpc) is 2.36. The van der Waals surface area contributed by atoms with Gasteiger partial charge in [-0.15, -0.1) is 0 Å². The molecule has 0 aliphatic carbocycles. The molecule has 0 aliphatic heterocycles. The summed E-state index contributed by atoms with van der Waals surface area (Å²) in [5.74, 6) is -2.08. The van der Waals surface area contributed by atoms with E-state index in [9.17, 15) is 9.59 Å². The Hall–Kier alpha value is -1.70. The molecule has 5 N–H and O–H groups in total. The van der Waals surface area contributed by atoms with Gasteiger partial charge in [0.25, 0.3) is 0 Å². The summed E-state index contributed by atoms with van der Waals surface area (Å²) >= 11 is 0.